The molecule has 1 saturated carbocycles. The number of anilines is 1. The summed E-state index contributed by atoms with van der Waals surface area (Å²) in [6.07, 6.45) is 0.440. The van der Waals surface area contributed by atoms with Gasteiger partial charge in [0.05, 0.1) is 5.69 Å². The first-order valence-corrected chi connectivity index (χ1v) is 9.19. The van der Waals surface area contributed by atoms with Gasteiger partial charge in [0.15, 0.2) is 6.61 Å². The highest BCUT2D eigenvalue weighted by Crippen LogP contribution is 2.30. The number of rotatable bonds is 7. The minimum atomic E-state index is -4.51. The van der Waals surface area contributed by atoms with E-state index in [4.69, 9.17) is 16.3 Å². The molecule has 150 valence electrons. The van der Waals surface area contributed by atoms with E-state index in [0.29, 0.717) is 0 Å². The summed E-state index contributed by atoms with van der Waals surface area (Å²) in [7, 11) is 0. The van der Waals surface area contributed by atoms with E-state index in [-0.39, 0.29) is 41.3 Å². The second-order valence-electron chi connectivity index (χ2n) is 6.47. The Hall–Kier alpha value is -1.96. The van der Waals surface area contributed by atoms with Gasteiger partial charge in [0.25, 0.3) is 0 Å². The van der Waals surface area contributed by atoms with E-state index in [1.807, 2.05) is 0 Å². The van der Waals surface area contributed by atoms with Crippen molar-refractivity contribution in [3.05, 3.63) is 23.2 Å². The molecule has 27 heavy (non-hydrogen) atoms. The summed E-state index contributed by atoms with van der Waals surface area (Å²) >= 11 is 5.77. The smallest absolute Gasteiger partial charge is 0.422 e. The molecule has 1 aromatic rings. The molecule has 0 bridgehead atoms. The molecule has 0 heterocycles. The minimum absolute atomic E-state index is 0.000201. The highest BCUT2D eigenvalue weighted by Gasteiger charge is 2.29. The summed E-state index contributed by atoms with van der Waals surface area (Å²) in [4.78, 5) is 24.1. The Kier molecular flexibility index (Phi) is 7.77. The van der Waals surface area contributed by atoms with E-state index in [2.05, 4.69) is 10.6 Å². The number of halogens is 4. The van der Waals surface area contributed by atoms with Gasteiger partial charge < -0.3 is 15.4 Å². The fourth-order valence-electron chi connectivity index (χ4n) is 2.90. The number of hydrogen-bond acceptors (Lipinski definition) is 3. The highest BCUT2D eigenvalue weighted by atomic mass is 35.5. The molecule has 1 aliphatic carbocycles. The number of benzene rings is 1. The maximum Gasteiger partial charge on any atom is 0.422 e. The fraction of sp³-hybridized carbons (Fsp3) is 0.556. The van der Waals surface area contributed by atoms with Crippen LogP contribution in [0.25, 0.3) is 0 Å². The molecular weight excluding hydrogens is 385 g/mol. The number of amides is 2. The molecule has 0 atom stereocenters. The number of nitrogens with one attached hydrogen (secondary N) is 2. The van der Waals surface area contributed by atoms with Crippen molar-refractivity contribution in [3.8, 4) is 5.75 Å². The van der Waals surface area contributed by atoms with Gasteiger partial charge in [-0.05, 0) is 25.0 Å². The Morgan fingerprint density at radius 2 is 1.89 bits per heavy atom. The highest BCUT2D eigenvalue weighted by molar-refractivity contribution is 6.30. The maximum atomic E-state index is 12.3. The van der Waals surface area contributed by atoms with Gasteiger partial charge in [-0.1, -0.05) is 30.9 Å². The van der Waals surface area contributed by atoms with E-state index in [1.165, 1.54) is 18.2 Å². The summed E-state index contributed by atoms with van der Waals surface area (Å²) in [6.45, 7) is -1.33. The van der Waals surface area contributed by atoms with Crippen molar-refractivity contribution >= 4 is 29.1 Å². The molecule has 1 aromatic carbocycles. The van der Waals surface area contributed by atoms with Gasteiger partial charge >= 0.3 is 6.18 Å². The Bertz CT molecular complexity index is 662. The standard InChI is InChI=1S/C18H22ClF3N2O3/c19-13-6-7-14(15(10-13)27-11-18(20,21)22)24-16(25)8-9-23-17(26)12-4-2-1-3-5-12/h6-7,10,12H,1-5,8-9,11H2,(H,23,26)(H,24,25). The molecule has 2 amide bonds. The summed E-state index contributed by atoms with van der Waals surface area (Å²) in [5.74, 6) is -0.666. The summed E-state index contributed by atoms with van der Waals surface area (Å²) in [5, 5.41) is 5.41. The third-order valence-electron chi connectivity index (χ3n) is 4.24. The molecule has 0 unspecified atom stereocenters. The lowest BCUT2D eigenvalue weighted by atomic mass is 9.89. The van der Waals surface area contributed by atoms with Gasteiger partial charge in [-0.15, -0.1) is 0 Å². The number of ether oxygens (including phenoxy) is 1. The second kappa shape index (κ2) is 9.82. The molecule has 0 spiro atoms. The van der Waals surface area contributed by atoms with Crippen LogP contribution < -0.4 is 15.4 Å². The van der Waals surface area contributed by atoms with Gasteiger partial charge in [0.1, 0.15) is 5.75 Å². The second-order valence-corrected chi connectivity index (χ2v) is 6.90. The number of alkyl halides is 3. The third kappa shape index (κ3) is 7.66. The lowest BCUT2D eigenvalue weighted by Crippen LogP contribution is -2.34. The zero-order chi connectivity index (χ0) is 19.9. The Labute approximate surface area is 160 Å². The third-order valence-corrected chi connectivity index (χ3v) is 4.47. The molecule has 5 nitrogen and oxygen atoms in total. The van der Waals surface area contributed by atoms with Crippen LogP contribution in [0.3, 0.4) is 0 Å². The Balaban J connectivity index is 1.83. The fourth-order valence-corrected chi connectivity index (χ4v) is 3.06. The topological polar surface area (TPSA) is 67.4 Å². The molecule has 0 radical (unpaired) electrons. The largest absolute Gasteiger partial charge is 0.482 e. The SMILES string of the molecule is O=C(CCNC(=O)C1CCCCC1)Nc1ccc(Cl)cc1OCC(F)(F)F. The van der Waals surface area contributed by atoms with Gasteiger partial charge in [0.2, 0.25) is 11.8 Å². The van der Waals surface area contributed by atoms with Crippen molar-refractivity contribution in [2.75, 3.05) is 18.5 Å². The minimum Gasteiger partial charge on any atom is -0.482 e. The van der Waals surface area contributed by atoms with Crippen molar-refractivity contribution in [1.29, 1.82) is 0 Å². The molecule has 0 saturated heterocycles. The van der Waals surface area contributed by atoms with Gasteiger partial charge in [-0.3, -0.25) is 9.59 Å². The van der Waals surface area contributed by atoms with Gasteiger partial charge in [0, 0.05) is 30.0 Å². The molecule has 1 fully saturated rings. The zero-order valence-electron chi connectivity index (χ0n) is 14.7. The van der Waals surface area contributed by atoms with Crippen molar-refractivity contribution in [1.82, 2.24) is 5.32 Å². The van der Waals surface area contributed by atoms with E-state index in [9.17, 15) is 22.8 Å². The van der Waals surface area contributed by atoms with Crippen molar-refractivity contribution < 1.29 is 27.5 Å². The first kappa shape index (κ1) is 21.3. The quantitative estimate of drug-likeness (QED) is 0.709. The van der Waals surface area contributed by atoms with Crippen molar-refractivity contribution in [3.63, 3.8) is 0 Å². The molecule has 2 rings (SSSR count). The van der Waals surface area contributed by atoms with Crippen molar-refractivity contribution in [2.24, 2.45) is 5.92 Å². The predicted molar refractivity (Wildman–Crippen MR) is 95.8 cm³/mol. The first-order chi connectivity index (χ1) is 12.7. The Morgan fingerprint density at radius 1 is 1.19 bits per heavy atom. The van der Waals surface area contributed by atoms with Crippen LogP contribution in [0.15, 0.2) is 18.2 Å². The monoisotopic (exact) mass is 406 g/mol. The Morgan fingerprint density at radius 3 is 2.56 bits per heavy atom. The average molecular weight is 407 g/mol. The van der Waals surface area contributed by atoms with Crippen LogP contribution in [0, 0.1) is 5.92 Å². The van der Waals surface area contributed by atoms with Crippen LogP contribution in [-0.2, 0) is 9.59 Å². The van der Waals surface area contributed by atoms with E-state index >= 15 is 0 Å². The normalized spacial score (nSPS) is 15.3. The molecule has 2 N–H and O–H groups in total. The van der Waals surface area contributed by atoms with Crippen LogP contribution in [0.5, 0.6) is 5.75 Å². The van der Waals surface area contributed by atoms with Crippen LogP contribution in [0.1, 0.15) is 38.5 Å². The molecule has 0 aromatic heterocycles. The summed E-state index contributed by atoms with van der Waals surface area (Å²) < 4.78 is 41.8. The van der Waals surface area contributed by atoms with Gasteiger partial charge in [-0.2, -0.15) is 13.2 Å². The number of carbonyl (C=O) groups excluding carboxylic acids is 2. The molecular formula is C18H22ClF3N2O3. The maximum absolute atomic E-state index is 12.3. The summed E-state index contributed by atoms with van der Waals surface area (Å²) in [6, 6.07) is 4.00. The van der Waals surface area contributed by atoms with Crippen LogP contribution in [-0.4, -0.2) is 31.1 Å². The van der Waals surface area contributed by atoms with Crippen molar-refractivity contribution in [2.45, 2.75) is 44.7 Å². The van der Waals surface area contributed by atoms with E-state index in [0.717, 1.165) is 32.1 Å². The lowest BCUT2D eigenvalue weighted by molar-refractivity contribution is -0.153. The van der Waals surface area contributed by atoms with Crippen LogP contribution >= 0.6 is 11.6 Å². The van der Waals surface area contributed by atoms with E-state index in [1.54, 1.807) is 0 Å². The van der Waals surface area contributed by atoms with Gasteiger partial charge in [-0.25, -0.2) is 0 Å². The number of hydrogen-bond donors (Lipinski definition) is 2. The zero-order valence-corrected chi connectivity index (χ0v) is 15.5. The molecule has 9 heteroatoms. The average Bonchev–Trinajstić information content (AvgIpc) is 2.62. The summed E-state index contributed by atoms with van der Waals surface area (Å²) in [5.41, 5.74) is 0.0901. The van der Waals surface area contributed by atoms with Crippen LogP contribution in [0.4, 0.5) is 18.9 Å². The van der Waals surface area contributed by atoms with Crippen LogP contribution in [0.2, 0.25) is 5.02 Å². The molecule has 0 aliphatic heterocycles. The number of carbonyl (C=O) groups is 2. The first-order valence-electron chi connectivity index (χ1n) is 8.81. The molecule has 1 aliphatic rings. The van der Waals surface area contributed by atoms with E-state index < -0.39 is 18.7 Å². The lowest BCUT2D eigenvalue weighted by Gasteiger charge is -2.20. The predicted octanol–water partition coefficient (Wildman–Crippen LogP) is 4.31.